The first kappa shape index (κ1) is 12.3. The van der Waals surface area contributed by atoms with E-state index in [0.29, 0.717) is 11.3 Å². The van der Waals surface area contributed by atoms with Crippen LogP contribution in [0.25, 0.3) is 11.4 Å². The normalized spacial score (nSPS) is 11.2. The van der Waals surface area contributed by atoms with Crippen LogP contribution in [-0.2, 0) is 6.54 Å². The number of rotatable bonds is 3. The zero-order valence-corrected chi connectivity index (χ0v) is 9.44. The molecule has 0 atom stereocenters. The number of hydrogen-bond donors (Lipinski definition) is 1. The Bertz CT molecular complexity index is 567. The lowest BCUT2D eigenvalue weighted by atomic mass is 10.1. The van der Waals surface area contributed by atoms with Crippen molar-refractivity contribution in [3.05, 3.63) is 23.5 Å². The first-order valence-electron chi connectivity index (χ1n) is 5.09. The summed E-state index contributed by atoms with van der Waals surface area (Å²) in [5.41, 5.74) is 6.22. The fraction of sp³-hybridized carbons (Fsp3) is 0.300. The van der Waals surface area contributed by atoms with Gasteiger partial charge in [-0.2, -0.15) is 0 Å². The Hall–Kier alpha value is -2.12. The van der Waals surface area contributed by atoms with Crippen molar-refractivity contribution in [2.75, 3.05) is 5.73 Å². The topological polar surface area (TPSA) is 69.6 Å². The van der Waals surface area contributed by atoms with Gasteiger partial charge < -0.3 is 5.73 Å². The Morgan fingerprint density at radius 2 is 2.11 bits per heavy atom. The maximum absolute atomic E-state index is 13.9. The van der Waals surface area contributed by atoms with Gasteiger partial charge in [0.15, 0.2) is 5.82 Å². The molecule has 5 nitrogen and oxygen atoms in total. The van der Waals surface area contributed by atoms with Crippen molar-refractivity contribution in [3.8, 4) is 11.4 Å². The predicted molar refractivity (Wildman–Crippen MR) is 58.4 cm³/mol. The number of nitrogens with two attached hydrogens (primary N) is 1. The lowest BCUT2D eigenvalue weighted by molar-refractivity contribution is 0.121. The van der Waals surface area contributed by atoms with Crippen LogP contribution in [0.15, 0.2) is 12.1 Å². The molecule has 0 amide bonds. The highest BCUT2D eigenvalue weighted by Crippen LogP contribution is 2.25. The van der Waals surface area contributed by atoms with E-state index < -0.39 is 18.8 Å². The summed E-state index contributed by atoms with van der Waals surface area (Å²) in [7, 11) is 0. The summed E-state index contributed by atoms with van der Waals surface area (Å²) in [5, 5.41) is 10.2. The Morgan fingerprint density at radius 1 is 1.39 bits per heavy atom. The van der Waals surface area contributed by atoms with Crippen LogP contribution in [0.3, 0.4) is 0 Å². The largest absolute Gasteiger partial charge is 0.399 e. The maximum atomic E-state index is 13.9. The molecule has 18 heavy (non-hydrogen) atoms. The van der Waals surface area contributed by atoms with Crippen LogP contribution in [0.2, 0.25) is 0 Å². The summed E-state index contributed by atoms with van der Waals surface area (Å²) in [6.07, 6.45) is -2.63. The fourth-order valence-corrected chi connectivity index (χ4v) is 1.61. The second-order valence-corrected chi connectivity index (χ2v) is 3.78. The first-order chi connectivity index (χ1) is 8.49. The van der Waals surface area contributed by atoms with Gasteiger partial charge in [-0.15, -0.1) is 5.10 Å². The van der Waals surface area contributed by atoms with Gasteiger partial charge in [0, 0.05) is 5.69 Å². The fourth-order valence-electron chi connectivity index (χ4n) is 1.61. The molecule has 0 aliphatic heterocycles. The average molecular weight is 257 g/mol. The van der Waals surface area contributed by atoms with Gasteiger partial charge in [0.25, 0.3) is 6.43 Å². The average Bonchev–Trinajstić information content (AvgIpc) is 2.70. The Balaban J connectivity index is 2.52. The SMILES string of the molecule is Cc1cc(N)cc(-c2nnnn2CC(F)F)c1F. The molecule has 1 heterocycles. The molecule has 0 aliphatic carbocycles. The molecule has 2 rings (SSSR count). The highest BCUT2D eigenvalue weighted by Gasteiger charge is 2.18. The molecule has 0 saturated carbocycles. The van der Waals surface area contributed by atoms with Gasteiger partial charge in [-0.3, -0.25) is 0 Å². The van der Waals surface area contributed by atoms with Crippen molar-refractivity contribution < 1.29 is 13.2 Å². The number of benzene rings is 1. The van der Waals surface area contributed by atoms with Crippen LogP contribution < -0.4 is 5.73 Å². The molecule has 8 heteroatoms. The van der Waals surface area contributed by atoms with Crippen molar-refractivity contribution in [3.63, 3.8) is 0 Å². The summed E-state index contributed by atoms with van der Waals surface area (Å²) >= 11 is 0. The highest BCUT2D eigenvalue weighted by atomic mass is 19.3. The third kappa shape index (κ3) is 2.27. The molecule has 2 aromatic rings. The lowest BCUT2D eigenvalue weighted by Gasteiger charge is -2.07. The number of nitrogens with zero attached hydrogens (tertiary/aromatic N) is 4. The van der Waals surface area contributed by atoms with Gasteiger partial charge >= 0.3 is 0 Å². The number of nitrogen functional groups attached to an aromatic ring is 1. The minimum absolute atomic E-state index is 0.0122. The summed E-state index contributed by atoms with van der Waals surface area (Å²) in [6.45, 7) is 0.825. The van der Waals surface area contributed by atoms with E-state index in [1.165, 1.54) is 19.1 Å². The van der Waals surface area contributed by atoms with E-state index in [2.05, 4.69) is 15.5 Å². The van der Waals surface area contributed by atoms with Crippen LogP contribution in [0.1, 0.15) is 5.56 Å². The van der Waals surface area contributed by atoms with E-state index in [1.54, 1.807) is 0 Å². The van der Waals surface area contributed by atoms with Crippen molar-refractivity contribution in [2.24, 2.45) is 0 Å². The molecule has 1 aromatic heterocycles. The summed E-state index contributed by atoms with van der Waals surface area (Å²) in [5.74, 6) is -0.641. The van der Waals surface area contributed by atoms with E-state index in [9.17, 15) is 13.2 Å². The second-order valence-electron chi connectivity index (χ2n) is 3.78. The molecular weight excluding hydrogens is 247 g/mol. The molecule has 0 bridgehead atoms. The highest BCUT2D eigenvalue weighted by molar-refractivity contribution is 5.63. The number of halogens is 3. The Morgan fingerprint density at radius 3 is 2.78 bits per heavy atom. The smallest absolute Gasteiger partial charge is 0.258 e. The molecule has 2 N–H and O–H groups in total. The molecule has 0 saturated heterocycles. The summed E-state index contributed by atoms with van der Waals surface area (Å²) in [4.78, 5) is 0. The number of anilines is 1. The van der Waals surface area contributed by atoms with Crippen molar-refractivity contribution >= 4 is 5.69 Å². The first-order valence-corrected chi connectivity index (χ1v) is 5.09. The van der Waals surface area contributed by atoms with Gasteiger partial charge in [-0.05, 0) is 35.0 Å². The van der Waals surface area contributed by atoms with Crippen LogP contribution in [-0.4, -0.2) is 26.6 Å². The monoisotopic (exact) mass is 257 g/mol. The van der Waals surface area contributed by atoms with Crippen molar-refractivity contribution in [1.29, 1.82) is 0 Å². The Kier molecular flexibility index (Phi) is 3.17. The van der Waals surface area contributed by atoms with Crippen molar-refractivity contribution in [2.45, 2.75) is 19.9 Å². The van der Waals surface area contributed by atoms with E-state index in [-0.39, 0.29) is 11.4 Å². The third-order valence-electron chi connectivity index (χ3n) is 2.36. The van der Waals surface area contributed by atoms with Crippen LogP contribution in [0.4, 0.5) is 18.9 Å². The molecule has 0 unspecified atom stereocenters. The predicted octanol–water partition coefficient (Wildman–Crippen LogP) is 1.63. The maximum Gasteiger partial charge on any atom is 0.258 e. The van der Waals surface area contributed by atoms with E-state index in [0.717, 1.165) is 4.68 Å². The quantitative estimate of drug-likeness (QED) is 0.848. The van der Waals surface area contributed by atoms with Crippen LogP contribution >= 0.6 is 0 Å². The van der Waals surface area contributed by atoms with Gasteiger partial charge in [-0.25, -0.2) is 17.9 Å². The standard InChI is InChI=1S/C10H10F3N5/c1-5-2-6(14)3-7(9(5)13)10-15-16-17-18(10)4-8(11)12/h2-3,8H,4,14H2,1H3. The second kappa shape index (κ2) is 4.63. The zero-order chi connectivity index (χ0) is 13.3. The minimum atomic E-state index is -2.63. The number of aryl methyl sites for hydroxylation is 1. The summed E-state index contributed by atoms with van der Waals surface area (Å²) < 4.78 is 39.4. The van der Waals surface area contributed by atoms with Crippen LogP contribution in [0.5, 0.6) is 0 Å². The number of aromatic nitrogens is 4. The summed E-state index contributed by atoms with van der Waals surface area (Å²) in [6, 6.07) is 2.76. The Labute approximate surface area is 100 Å². The van der Waals surface area contributed by atoms with Gasteiger partial charge in [0.2, 0.25) is 0 Å². The third-order valence-corrected chi connectivity index (χ3v) is 2.36. The van der Waals surface area contributed by atoms with Gasteiger partial charge in [0.05, 0.1) is 5.56 Å². The molecule has 1 aromatic carbocycles. The van der Waals surface area contributed by atoms with Gasteiger partial charge in [0.1, 0.15) is 12.4 Å². The number of alkyl halides is 2. The van der Waals surface area contributed by atoms with Gasteiger partial charge in [-0.1, -0.05) is 0 Å². The van der Waals surface area contributed by atoms with E-state index in [1.807, 2.05) is 0 Å². The molecule has 0 aliphatic rings. The van der Waals surface area contributed by atoms with Crippen LogP contribution in [0, 0.1) is 12.7 Å². The molecule has 0 spiro atoms. The number of tetrazole rings is 1. The molecule has 96 valence electrons. The lowest BCUT2D eigenvalue weighted by Crippen LogP contribution is -2.10. The molecule has 0 fully saturated rings. The van der Waals surface area contributed by atoms with E-state index >= 15 is 0 Å². The minimum Gasteiger partial charge on any atom is -0.399 e. The number of hydrogen-bond acceptors (Lipinski definition) is 4. The zero-order valence-electron chi connectivity index (χ0n) is 9.44. The van der Waals surface area contributed by atoms with E-state index in [4.69, 9.17) is 5.73 Å². The molecule has 0 radical (unpaired) electrons. The molecular formula is C10H10F3N5. The van der Waals surface area contributed by atoms with Crippen molar-refractivity contribution in [1.82, 2.24) is 20.2 Å².